The third-order valence-corrected chi connectivity index (χ3v) is 7.58. The van der Waals surface area contributed by atoms with E-state index in [1.165, 1.54) is 5.56 Å². The molecule has 1 aromatic heterocycles. The van der Waals surface area contributed by atoms with Crippen molar-refractivity contribution in [2.45, 2.75) is 31.6 Å². The minimum Gasteiger partial charge on any atom is -0.355 e. The van der Waals surface area contributed by atoms with Crippen LogP contribution in [0.3, 0.4) is 0 Å². The summed E-state index contributed by atoms with van der Waals surface area (Å²) in [6.07, 6.45) is 1.50. The lowest BCUT2D eigenvalue weighted by Gasteiger charge is -2.26. The van der Waals surface area contributed by atoms with Gasteiger partial charge in [-0.2, -0.15) is 4.31 Å². The van der Waals surface area contributed by atoms with Gasteiger partial charge in [-0.05, 0) is 38.0 Å². The summed E-state index contributed by atoms with van der Waals surface area (Å²) in [7, 11) is -3.49. The van der Waals surface area contributed by atoms with Gasteiger partial charge in [0.25, 0.3) is 0 Å². The number of rotatable bonds is 5. The molecule has 7 heteroatoms. The summed E-state index contributed by atoms with van der Waals surface area (Å²) in [5.74, 6) is 1.66. The van der Waals surface area contributed by atoms with Crippen LogP contribution in [-0.4, -0.2) is 48.9 Å². The standard InChI is InChI=1S/C24H28N4O2S/c1-19-23(18-21-10-5-3-6-11-21)24(26-20(2)25-19)27-14-9-15-28(17-16-27)31(29,30)22-12-7-4-8-13-22/h3-8,10-13H,9,14-18H2,1-2H3. The number of anilines is 1. The molecule has 0 spiro atoms. The molecule has 0 amide bonds. The molecule has 0 atom stereocenters. The average Bonchev–Trinajstić information content (AvgIpc) is 3.04. The van der Waals surface area contributed by atoms with Crippen molar-refractivity contribution in [3.8, 4) is 0 Å². The van der Waals surface area contributed by atoms with E-state index in [1.54, 1.807) is 28.6 Å². The SMILES string of the molecule is Cc1nc(C)c(Cc2ccccc2)c(N2CCCN(S(=O)(=O)c3ccccc3)CC2)n1. The Hall–Kier alpha value is -2.77. The molecule has 1 fully saturated rings. The van der Waals surface area contributed by atoms with Crippen LogP contribution < -0.4 is 4.90 Å². The molecule has 0 saturated carbocycles. The largest absolute Gasteiger partial charge is 0.355 e. The topological polar surface area (TPSA) is 66.4 Å². The number of hydrogen-bond acceptors (Lipinski definition) is 5. The molecule has 4 rings (SSSR count). The quantitative estimate of drug-likeness (QED) is 0.612. The van der Waals surface area contributed by atoms with Crippen LogP contribution in [0.2, 0.25) is 0 Å². The smallest absolute Gasteiger partial charge is 0.243 e. The Morgan fingerprint density at radius 3 is 2.23 bits per heavy atom. The van der Waals surface area contributed by atoms with Gasteiger partial charge in [0.1, 0.15) is 11.6 Å². The highest BCUT2D eigenvalue weighted by Crippen LogP contribution is 2.26. The van der Waals surface area contributed by atoms with E-state index in [0.717, 1.165) is 42.3 Å². The fourth-order valence-corrected chi connectivity index (χ4v) is 5.56. The predicted octanol–water partition coefficient (Wildman–Crippen LogP) is 3.59. The van der Waals surface area contributed by atoms with Crippen LogP contribution in [-0.2, 0) is 16.4 Å². The maximum absolute atomic E-state index is 13.1. The van der Waals surface area contributed by atoms with Crippen molar-refractivity contribution in [1.82, 2.24) is 14.3 Å². The van der Waals surface area contributed by atoms with Crippen LogP contribution in [0.4, 0.5) is 5.82 Å². The molecular formula is C24H28N4O2S. The van der Waals surface area contributed by atoms with Gasteiger partial charge in [0, 0.05) is 43.9 Å². The normalized spacial score (nSPS) is 15.6. The zero-order valence-electron chi connectivity index (χ0n) is 18.0. The van der Waals surface area contributed by atoms with Gasteiger partial charge in [-0.25, -0.2) is 18.4 Å². The Morgan fingerprint density at radius 2 is 1.52 bits per heavy atom. The van der Waals surface area contributed by atoms with E-state index in [-0.39, 0.29) is 0 Å². The first-order valence-corrected chi connectivity index (χ1v) is 12.1. The number of aromatic nitrogens is 2. The molecule has 1 aliphatic heterocycles. The maximum atomic E-state index is 13.1. The van der Waals surface area contributed by atoms with Gasteiger partial charge in [-0.3, -0.25) is 0 Å². The monoisotopic (exact) mass is 436 g/mol. The second-order valence-corrected chi connectivity index (χ2v) is 9.82. The zero-order chi connectivity index (χ0) is 21.8. The maximum Gasteiger partial charge on any atom is 0.243 e. The van der Waals surface area contributed by atoms with Crippen molar-refractivity contribution in [3.05, 3.63) is 83.3 Å². The molecule has 0 bridgehead atoms. The fourth-order valence-electron chi connectivity index (χ4n) is 4.07. The molecule has 2 aromatic carbocycles. The van der Waals surface area contributed by atoms with Gasteiger partial charge < -0.3 is 4.90 Å². The Balaban J connectivity index is 1.60. The highest BCUT2D eigenvalue weighted by atomic mass is 32.2. The molecule has 0 aliphatic carbocycles. The summed E-state index contributed by atoms with van der Waals surface area (Å²) in [5.41, 5.74) is 3.29. The predicted molar refractivity (Wildman–Crippen MR) is 123 cm³/mol. The van der Waals surface area contributed by atoms with E-state index in [2.05, 4.69) is 22.0 Å². The number of nitrogens with zero attached hydrogens (tertiary/aromatic N) is 4. The first kappa shape index (κ1) is 21.5. The van der Waals surface area contributed by atoms with E-state index in [4.69, 9.17) is 4.98 Å². The average molecular weight is 437 g/mol. The number of benzene rings is 2. The minimum absolute atomic E-state index is 0.349. The van der Waals surface area contributed by atoms with Crippen LogP contribution in [0.1, 0.15) is 29.1 Å². The summed E-state index contributed by atoms with van der Waals surface area (Å²) in [5, 5.41) is 0. The Morgan fingerprint density at radius 1 is 0.839 bits per heavy atom. The number of hydrogen-bond donors (Lipinski definition) is 0. The van der Waals surface area contributed by atoms with E-state index in [9.17, 15) is 8.42 Å². The lowest BCUT2D eigenvalue weighted by Crippen LogP contribution is -2.35. The van der Waals surface area contributed by atoms with Gasteiger partial charge in [0.2, 0.25) is 10.0 Å². The van der Waals surface area contributed by atoms with Crippen molar-refractivity contribution in [2.75, 3.05) is 31.1 Å². The van der Waals surface area contributed by atoms with Crippen LogP contribution in [0.25, 0.3) is 0 Å². The summed E-state index contributed by atoms with van der Waals surface area (Å²) < 4.78 is 27.8. The highest BCUT2D eigenvalue weighted by Gasteiger charge is 2.28. The third-order valence-electron chi connectivity index (χ3n) is 5.66. The van der Waals surface area contributed by atoms with E-state index in [1.807, 2.05) is 38.1 Å². The molecule has 1 saturated heterocycles. The molecule has 3 aromatic rings. The molecular weight excluding hydrogens is 408 g/mol. The lowest BCUT2D eigenvalue weighted by atomic mass is 10.0. The second kappa shape index (κ2) is 9.16. The fraction of sp³-hybridized carbons (Fsp3) is 0.333. The second-order valence-electron chi connectivity index (χ2n) is 7.88. The molecule has 0 unspecified atom stereocenters. The van der Waals surface area contributed by atoms with Crippen molar-refractivity contribution >= 4 is 15.8 Å². The molecule has 162 valence electrons. The third kappa shape index (κ3) is 4.78. The van der Waals surface area contributed by atoms with Gasteiger partial charge in [-0.15, -0.1) is 0 Å². The molecule has 1 aliphatic rings. The molecule has 6 nitrogen and oxygen atoms in total. The summed E-state index contributed by atoms with van der Waals surface area (Å²) in [6, 6.07) is 19.0. The van der Waals surface area contributed by atoms with Gasteiger partial charge >= 0.3 is 0 Å². The van der Waals surface area contributed by atoms with Crippen molar-refractivity contribution in [2.24, 2.45) is 0 Å². The molecule has 0 N–H and O–H groups in total. The Labute approximate surface area is 184 Å². The summed E-state index contributed by atoms with van der Waals surface area (Å²) >= 11 is 0. The van der Waals surface area contributed by atoms with Crippen molar-refractivity contribution in [3.63, 3.8) is 0 Å². The van der Waals surface area contributed by atoms with Crippen LogP contribution in [0, 0.1) is 13.8 Å². The number of sulfonamides is 1. The Bertz CT molecular complexity index is 1140. The van der Waals surface area contributed by atoms with Gasteiger partial charge in [-0.1, -0.05) is 48.5 Å². The van der Waals surface area contributed by atoms with Crippen LogP contribution in [0.5, 0.6) is 0 Å². The first-order chi connectivity index (χ1) is 14.9. The first-order valence-electron chi connectivity index (χ1n) is 10.6. The number of aryl methyl sites for hydroxylation is 2. The van der Waals surface area contributed by atoms with Gasteiger partial charge in [0.15, 0.2) is 0 Å². The van der Waals surface area contributed by atoms with Crippen molar-refractivity contribution < 1.29 is 8.42 Å². The molecule has 2 heterocycles. The zero-order valence-corrected chi connectivity index (χ0v) is 18.8. The molecule has 0 radical (unpaired) electrons. The van der Waals surface area contributed by atoms with Gasteiger partial charge in [0.05, 0.1) is 4.90 Å². The van der Waals surface area contributed by atoms with E-state index in [0.29, 0.717) is 24.5 Å². The molecule has 31 heavy (non-hydrogen) atoms. The summed E-state index contributed by atoms with van der Waals surface area (Å²) in [4.78, 5) is 12.0. The highest BCUT2D eigenvalue weighted by molar-refractivity contribution is 7.89. The van der Waals surface area contributed by atoms with Crippen LogP contribution in [0.15, 0.2) is 65.6 Å². The lowest BCUT2D eigenvalue weighted by molar-refractivity contribution is 0.433. The summed E-state index contributed by atoms with van der Waals surface area (Å²) in [6.45, 7) is 6.24. The Kier molecular flexibility index (Phi) is 6.34. The van der Waals surface area contributed by atoms with Crippen LogP contribution >= 0.6 is 0 Å². The minimum atomic E-state index is -3.49. The van der Waals surface area contributed by atoms with E-state index < -0.39 is 10.0 Å². The van der Waals surface area contributed by atoms with Crippen molar-refractivity contribution in [1.29, 1.82) is 0 Å². The van der Waals surface area contributed by atoms with E-state index >= 15 is 0 Å².